The zero-order chi connectivity index (χ0) is 12.8. The first-order valence-corrected chi connectivity index (χ1v) is 5.87. The largest absolute Gasteiger partial charge is 0.376 e. The molecular formula is C13H21N3O. The molecule has 3 N–H and O–H groups in total. The molecule has 1 aromatic rings. The van der Waals surface area contributed by atoms with E-state index in [0.717, 1.165) is 17.8 Å². The zero-order valence-corrected chi connectivity index (χ0v) is 10.7. The summed E-state index contributed by atoms with van der Waals surface area (Å²) in [6.45, 7) is 2.35. The van der Waals surface area contributed by atoms with Gasteiger partial charge in [0.15, 0.2) is 0 Å². The molecule has 0 aliphatic heterocycles. The van der Waals surface area contributed by atoms with E-state index in [1.165, 1.54) is 0 Å². The van der Waals surface area contributed by atoms with Crippen LogP contribution in [0.5, 0.6) is 0 Å². The van der Waals surface area contributed by atoms with Crippen molar-refractivity contribution in [1.82, 2.24) is 0 Å². The van der Waals surface area contributed by atoms with Crippen molar-refractivity contribution in [3.8, 4) is 0 Å². The standard InChI is InChI=1S/C13H21N3O/c1-4-10(9-14)13(17)15-11-7-5-6-8-12(11)16(2)3/h5-8,10H,4,9,14H2,1-3H3,(H,15,17). The van der Waals surface area contributed by atoms with Gasteiger partial charge in [0, 0.05) is 20.6 Å². The molecule has 4 heteroatoms. The lowest BCUT2D eigenvalue weighted by Crippen LogP contribution is -2.29. The summed E-state index contributed by atoms with van der Waals surface area (Å²) in [5.74, 6) is -0.130. The fourth-order valence-corrected chi connectivity index (χ4v) is 1.66. The van der Waals surface area contributed by atoms with Crippen LogP contribution in [-0.4, -0.2) is 26.5 Å². The maximum absolute atomic E-state index is 11.9. The smallest absolute Gasteiger partial charge is 0.228 e. The van der Waals surface area contributed by atoms with Gasteiger partial charge in [-0.1, -0.05) is 19.1 Å². The molecule has 1 rings (SSSR count). The SMILES string of the molecule is CCC(CN)C(=O)Nc1ccccc1N(C)C. The molecule has 0 aromatic heterocycles. The van der Waals surface area contributed by atoms with Crippen molar-refractivity contribution >= 4 is 17.3 Å². The van der Waals surface area contributed by atoms with E-state index in [4.69, 9.17) is 5.73 Å². The highest BCUT2D eigenvalue weighted by Gasteiger charge is 2.15. The second-order valence-corrected chi connectivity index (χ2v) is 4.24. The van der Waals surface area contributed by atoms with Crippen LogP contribution in [0.2, 0.25) is 0 Å². The molecular weight excluding hydrogens is 214 g/mol. The van der Waals surface area contributed by atoms with Gasteiger partial charge in [0.2, 0.25) is 5.91 Å². The number of nitrogens with zero attached hydrogens (tertiary/aromatic N) is 1. The summed E-state index contributed by atoms with van der Waals surface area (Å²) in [6, 6.07) is 7.73. The van der Waals surface area contributed by atoms with E-state index in [0.29, 0.717) is 6.54 Å². The van der Waals surface area contributed by atoms with E-state index in [1.807, 2.05) is 50.2 Å². The van der Waals surface area contributed by atoms with Crippen LogP contribution in [0, 0.1) is 5.92 Å². The molecule has 0 aliphatic carbocycles. The van der Waals surface area contributed by atoms with E-state index in [-0.39, 0.29) is 11.8 Å². The molecule has 1 unspecified atom stereocenters. The van der Waals surface area contributed by atoms with E-state index in [2.05, 4.69) is 5.32 Å². The molecule has 1 amide bonds. The van der Waals surface area contributed by atoms with Crippen molar-refractivity contribution in [2.45, 2.75) is 13.3 Å². The summed E-state index contributed by atoms with van der Waals surface area (Å²) in [6.07, 6.45) is 0.756. The Morgan fingerprint density at radius 1 is 1.41 bits per heavy atom. The second-order valence-electron chi connectivity index (χ2n) is 4.24. The van der Waals surface area contributed by atoms with Crippen molar-refractivity contribution in [3.05, 3.63) is 24.3 Å². The van der Waals surface area contributed by atoms with Gasteiger partial charge in [-0.3, -0.25) is 4.79 Å². The lowest BCUT2D eigenvalue weighted by atomic mass is 10.1. The van der Waals surface area contributed by atoms with Gasteiger partial charge in [-0.15, -0.1) is 0 Å². The monoisotopic (exact) mass is 235 g/mol. The number of nitrogens with one attached hydrogen (secondary N) is 1. The van der Waals surface area contributed by atoms with Crippen LogP contribution in [0.1, 0.15) is 13.3 Å². The molecule has 94 valence electrons. The number of hydrogen-bond donors (Lipinski definition) is 2. The van der Waals surface area contributed by atoms with Crippen LogP contribution in [-0.2, 0) is 4.79 Å². The zero-order valence-electron chi connectivity index (χ0n) is 10.7. The van der Waals surface area contributed by atoms with Crippen molar-refractivity contribution < 1.29 is 4.79 Å². The first kappa shape index (κ1) is 13.5. The molecule has 0 bridgehead atoms. The van der Waals surface area contributed by atoms with Crippen LogP contribution in [0.4, 0.5) is 11.4 Å². The maximum atomic E-state index is 11.9. The van der Waals surface area contributed by atoms with Gasteiger partial charge in [0.25, 0.3) is 0 Å². The predicted molar refractivity (Wildman–Crippen MR) is 72.2 cm³/mol. The lowest BCUT2D eigenvalue weighted by Gasteiger charge is -2.19. The van der Waals surface area contributed by atoms with E-state index in [1.54, 1.807) is 0 Å². The third-order valence-electron chi connectivity index (χ3n) is 2.79. The minimum atomic E-state index is -0.120. The van der Waals surface area contributed by atoms with Gasteiger partial charge < -0.3 is 16.0 Å². The van der Waals surface area contributed by atoms with E-state index in [9.17, 15) is 4.79 Å². The van der Waals surface area contributed by atoms with Gasteiger partial charge in [0.05, 0.1) is 17.3 Å². The Balaban J connectivity index is 2.84. The normalized spacial score (nSPS) is 12.0. The van der Waals surface area contributed by atoms with Crippen LogP contribution < -0.4 is 16.0 Å². The van der Waals surface area contributed by atoms with Gasteiger partial charge in [0.1, 0.15) is 0 Å². The number of para-hydroxylation sites is 2. The Kier molecular flexibility index (Phi) is 4.97. The number of rotatable bonds is 5. The Hall–Kier alpha value is -1.55. The van der Waals surface area contributed by atoms with Crippen LogP contribution in [0.25, 0.3) is 0 Å². The highest BCUT2D eigenvalue weighted by Crippen LogP contribution is 2.24. The van der Waals surface area contributed by atoms with Gasteiger partial charge in [-0.25, -0.2) is 0 Å². The van der Waals surface area contributed by atoms with Crippen LogP contribution >= 0.6 is 0 Å². The Morgan fingerprint density at radius 2 is 2.06 bits per heavy atom. The average molecular weight is 235 g/mol. The average Bonchev–Trinajstić information content (AvgIpc) is 2.31. The number of amides is 1. The van der Waals surface area contributed by atoms with Crippen molar-refractivity contribution in [3.63, 3.8) is 0 Å². The third-order valence-corrected chi connectivity index (χ3v) is 2.79. The molecule has 0 radical (unpaired) electrons. The number of carbonyl (C=O) groups is 1. The molecule has 1 aromatic carbocycles. The second kappa shape index (κ2) is 6.25. The quantitative estimate of drug-likeness (QED) is 0.816. The highest BCUT2D eigenvalue weighted by atomic mass is 16.1. The van der Waals surface area contributed by atoms with Gasteiger partial charge >= 0.3 is 0 Å². The molecule has 1 atom stereocenters. The summed E-state index contributed by atoms with van der Waals surface area (Å²) in [5, 5.41) is 2.93. The molecule has 0 saturated heterocycles. The van der Waals surface area contributed by atoms with E-state index >= 15 is 0 Å². The molecule has 17 heavy (non-hydrogen) atoms. The summed E-state index contributed by atoms with van der Waals surface area (Å²) < 4.78 is 0. The minimum absolute atomic E-state index is 0.00991. The third kappa shape index (κ3) is 3.46. The molecule has 0 saturated carbocycles. The molecule has 0 heterocycles. The summed E-state index contributed by atoms with van der Waals surface area (Å²) >= 11 is 0. The maximum Gasteiger partial charge on any atom is 0.228 e. The topological polar surface area (TPSA) is 58.4 Å². The molecule has 0 aliphatic rings. The van der Waals surface area contributed by atoms with Crippen LogP contribution in [0.3, 0.4) is 0 Å². The molecule has 4 nitrogen and oxygen atoms in total. The van der Waals surface area contributed by atoms with E-state index < -0.39 is 0 Å². The van der Waals surface area contributed by atoms with Crippen molar-refractivity contribution in [2.24, 2.45) is 11.7 Å². The van der Waals surface area contributed by atoms with Gasteiger partial charge in [-0.2, -0.15) is 0 Å². The predicted octanol–water partition coefficient (Wildman–Crippen LogP) is 1.68. The van der Waals surface area contributed by atoms with Crippen LogP contribution in [0.15, 0.2) is 24.3 Å². The first-order chi connectivity index (χ1) is 8.10. The Morgan fingerprint density at radius 3 is 2.59 bits per heavy atom. The molecule has 0 fully saturated rings. The number of hydrogen-bond acceptors (Lipinski definition) is 3. The van der Waals surface area contributed by atoms with Gasteiger partial charge in [-0.05, 0) is 18.6 Å². The Labute approximate surface area is 103 Å². The fraction of sp³-hybridized carbons (Fsp3) is 0.462. The fourth-order valence-electron chi connectivity index (χ4n) is 1.66. The van der Waals surface area contributed by atoms with Crippen molar-refractivity contribution in [2.75, 3.05) is 30.9 Å². The lowest BCUT2D eigenvalue weighted by molar-refractivity contribution is -0.119. The first-order valence-electron chi connectivity index (χ1n) is 5.87. The summed E-state index contributed by atoms with van der Waals surface area (Å²) in [4.78, 5) is 13.9. The molecule has 0 spiro atoms. The minimum Gasteiger partial charge on any atom is -0.376 e. The number of nitrogens with two attached hydrogens (primary N) is 1. The number of anilines is 2. The Bertz CT molecular complexity index is 373. The number of carbonyl (C=O) groups excluding carboxylic acids is 1. The highest BCUT2D eigenvalue weighted by molar-refractivity contribution is 5.95. The number of benzene rings is 1. The van der Waals surface area contributed by atoms with Crippen molar-refractivity contribution in [1.29, 1.82) is 0 Å². The summed E-state index contributed by atoms with van der Waals surface area (Å²) in [5.41, 5.74) is 7.39. The summed E-state index contributed by atoms with van der Waals surface area (Å²) in [7, 11) is 3.90.